The van der Waals surface area contributed by atoms with Crippen LogP contribution < -0.4 is 11.1 Å². The van der Waals surface area contributed by atoms with Gasteiger partial charge in [-0.05, 0) is 19.1 Å². The average Bonchev–Trinajstić information content (AvgIpc) is 2.62. The summed E-state index contributed by atoms with van der Waals surface area (Å²) in [5.74, 6) is 0.141. The molecule has 2 heterocycles. The summed E-state index contributed by atoms with van der Waals surface area (Å²) in [4.78, 5) is 13.6. The molecule has 1 aromatic rings. The lowest BCUT2D eigenvalue weighted by molar-refractivity contribution is -0.120. The Morgan fingerprint density at radius 2 is 2.38 bits per heavy atom. The Morgan fingerprint density at radius 1 is 1.62 bits per heavy atom. The van der Waals surface area contributed by atoms with Gasteiger partial charge in [-0.25, -0.2) is 0 Å². The van der Waals surface area contributed by atoms with Crippen LogP contribution in [0.2, 0.25) is 0 Å². The zero-order chi connectivity index (χ0) is 9.42. The van der Waals surface area contributed by atoms with Gasteiger partial charge in [-0.2, -0.15) is 0 Å². The topological polar surface area (TPSA) is 55.1 Å². The van der Waals surface area contributed by atoms with Crippen LogP contribution in [0, 0.1) is 6.92 Å². The Labute approximate surface area is 80.9 Å². The number of thiophene rings is 1. The fourth-order valence-electron chi connectivity index (χ4n) is 1.57. The molecule has 0 aliphatic carbocycles. The molecule has 1 aliphatic rings. The van der Waals surface area contributed by atoms with E-state index in [1.807, 2.05) is 0 Å². The van der Waals surface area contributed by atoms with Crippen molar-refractivity contribution >= 4 is 17.2 Å². The van der Waals surface area contributed by atoms with Crippen LogP contribution in [-0.2, 0) is 4.79 Å². The van der Waals surface area contributed by atoms with Gasteiger partial charge >= 0.3 is 0 Å². The zero-order valence-corrected chi connectivity index (χ0v) is 8.23. The van der Waals surface area contributed by atoms with Crippen LogP contribution in [0.3, 0.4) is 0 Å². The summed E-state index contributed by atoms with van der Waals surface area (Å²) >= 11 is 1.72. The standard InChI is InChI=1S/C9H12N2OS/c1-5-2-3-7(13-5)6-4-11-9(12)8(6)10/h2-3,6,8H,4,10H2,1H3,(H,11,12). The molecular weight excluding hydrogens is 184 g/mol. The van der Waals surface area contributed by atoms with Crippen molar-refractivity contribution < 1.29 is 4.79 Å². The highest BCUT2D eigenvalue weighted by atomic mass is 32.1. The number of amides is 1. The van der Waals surface area contributed by atoms with Crippen molar-refractivity contribution in [2.75, 3.05) is 6.54 Å². The lowest BCUT2D eigenvalue weighted by atomic mass is 10.0. The van der Waals surface area contributed by atoms with Gasteiger partial charge in [0.1, 0.15) is 0 Å². The summed E-state index contributed by atoms with van der Waals surface area (Å²) in [7, 11) is 0. The molecule has 1 aromatic heterocycles. The molecule has 2 unspecified atom stereocenters. The molecule has 0 saturated carbocycles. The second kappa shape index (κ2) is 3.12. The number of nitrogens with one attached hydrogen (secondary N) is 1. The van der Waals surface area contributed by atoms with E-state index in [1.165, 1.54) is 9.75 Å². The van der Waals surface area contributed by atoms with E-state index in [2.05, 4.69) is 24.4 Å². The summed E-state index contributed by atoms with van der Waals surface area (Å²) in [6.45, 7) is 2.74. The molecule has 2 rings (SSSR count). The fraction of sp³-hybridized carbons (Fsp3) is 0.444. The molecule has 0 spiro atoms. The van der Waals surface area contributed by atoms with Gasteiger partial charge in [0.25, 0.3) is 0 Å². The van der Waals surface area contributed by atoms with E-state index in [0.29, 0.717) is 6.54 Å². The Morgan fingerprint density at radius 3 is 2.85 bits per heavy atom. The normalized spacial score (nSPS) is 27.7. The molecule has 1 saturated heterocycles. The van der Waals surface area contributed by atoms with Gasteiger partial charge in [0.15, 0.2) is 0 Å². The van der Waals surface area contributed by atoms with Crippen LogP contribution in [0.1, 0.15) is 15.7 Å². The number of hydrogen-bond donors (Lipinski definition) is 2. The van der Waals surface area contributed by atoms with Gasteiger partial charge < -0.3 is 11.1 Å². The number of nitrogens with two attached hydrogens (primary N) is 1. The highest BCUT2D eigenvalue weighted by Crippen LogP contribution is 2.28. The number of carbonyl (C=O) groups is 1. The molecule has 13 heavy (non-hydrogen) atoms. The van der Waals surface area contributed by atoms with Crippen LogP contribution in [0.15, 0.2) is 12.1 Å². The third kappa shape index (κ3) is 1.47. The summed E-state index contributed by atoms with van der Waals surface area (Å²) < 4.78 is 0. The van der Waals surface area contributed by atoms with Gasteiger partial charge in [0.05, 0.1) is 6.04 Å². The van der Waals surface area contributed by atoms with Gasteiger partial charge in [-0.3, -0.25) is 4.79 Å². The SMILES string of the molecule is Cc1ccc(C2CNC(=O)C2N)s1. The van der Waals surface area contributed by atoms with Gasteiger partial charge in [-0.15, -0.1) is 11.3 Å². The second-order valence-electron chi connectivity index (χ2n) is 3.33. The van der Waals surface area contributed by atoms with Crippen LogP contribution in [0.25, 0.3) is 0 Å². The van der Waals surface area contributed by atoms with E-state index in [0.717, 1.165) is 0 Å². The first-order valence-corrected chi connectivity index (χ1v) is 5.10. The van der Waals surface area contributed by atoms with E-state index in [9.17, 15) is 4.79 Å². The molecule has 70 valence electrons. The number of hydrogen-bond acceptors (Lipinski definition) is 3. The molecule has 4 heteroatoms. The second-order valence-corrected chi connectivity index (χ2v) is 4.65. The van der Waals surface area contributed by atoms with Crippen LogP contribution in [0.4, 0.5) is 0 Å². The smallest absolute Gasteiger partial charge is 0.237 e. The van der Waals surface area contributed by atoms with Crippen molar-refractivity contribution in [1.82, 2.24) is 5.32 Å². The molecule has 1 amide bonds. The monoisotopic (exact) mass is 196 g/mol. The molecular formula is C9H12N2OS. The summed E-state index contributed by atoms with van der Waals surface area (Å²) in [5, 5.41) is 2.77. The Kier molecular flexibility index (Phi) is 2.09. The summed E-state index contributed by atoms with van der Waals surface area (Å²) in [6.07, 6.45) is 0. The molecule has 1 aliphatic heterocycles. The zero-order valence-electron chi connectivity index (χ0n) is 7.41. The molecule has 3 nitrogen and oxygen atoms in total. The molecule has 0 radical (unpaired) electrons. The predicted octanol–water partition coefficient (Wildman–Crippen LogP) is 0.597. The largest absolute Gasteiger partial charge is 0.354 e. The summed E-state index contributed by atoms with van der Waals surface area (Å²) in [6, 6.07) is 3.76. The number of rotatable bonds is 1. The van der Waals surface area contributed by atoms with E-state index in [4.69, 9.17) is 5.73 Å². The van der Waals surface area contributed by atoms with Crippen molar-refractivity contribution in [3.8, 4) is 0 Å². The lowest BCUT2D eigenvalue weighted by Gasteiger charge is -2.08. The van der Waals surface area contributed by atoms with E-state index < -0.39 is 0 Å². The minimum absolute atomic E-state index is 0.0314. The third-order valence-electron chi connectivity index (χ3n) is 2.36. The maximum absolute atomic E-state index is 11.1. The van der Waals surface area contributed by atoms with Crippen molar-refractivity contribution in [3.63, 3.8) is 0 Å². The predicted molar refractivity (Wildman–Crippen MR) is 52.8 cm³/mol. The molecule has 3 N–H and O–H groups in total. The van der Waals surface area contributed by atoms with Gasteiger partial charge in [0.2, 0.25) is 5.91 Å². The maximum atomic E-state index is 11.1. The van der Waals surface area contributed by atoms with Gasteiger partial charge in [0, 0.05) is 22.2 Å². The van der Waals surface area contributed by atoms with Crippen LogP contribution in [0.5, 0.6) is 0 Å². The van der Waals surface area contributed by atoms with E-state index in [1.54, 1.807) is 11.3 Å². The number of aryl methyl sites for hydroxylation is 1. The first-order chi connectivity index (χ1) is 6.18. The summed E-state index contributed by atoms with van der Waals surface area (Å²) in [5.41, 5.74) is 5.76. The highest BCUT2D eigenvalue weighted by molar-refractivity contribution is 7.12. The van der Waals surface area contributed by atoms with E-state index in [-0.39, 0.29) is 17.9 Å². The van der Waals surface area contributed by atoms with Crippen molar-refractivity contribution in [3.05, 3.63) is 21.9 Å². The lowest BCUT2D eigenvalue weighted by Crippen LogP contribution is -2.32. The van der Waals surface area contributed by atoms with Crippen molar-refractivity contribution in [2.45, 2.75) is 18.9 Å². The van der Waals surface area contributed by atoms with Crippen LogP contribution in [-0.4, -0.2) is 18.5 Å². The minimum Gasteiger partial charge on any atom is -0.354 e. The van der Waals surface area contributed by atoms with Crippen molar-refractivity contribution in [2.24, 2.45) is 5.73 Å². The van der Waals surface area contributed by atoms with Crippen LogP contribution >= 0.6 is 11.3 Å². The Balaban J connectivity index is 2.23. The Hall–Kier alpha value is -0.870. The first-order valence-electron chi connectivity index (χ1n) is 4.28. The number of carbonyl (C=O) groups excluding carboxylic acids is 1. The highest BCUT2D eigenvalue weighted by Gasteiger charge is 2.33. The first kappa shape index (κ1) is 8.72. The maximum Gasteiger partial charge on any atom is 0.237 e. The van der Waals surface area contributed by atoms with E-state index >= 15 is 0 Å². The fourth-order valence-corrected chi connectivity index (χ4v) is 2.59. The molecule has 2 atom stereocenters. The molecule has 0 aromatic carbocycles. The third-order valence-corrected chi connectivity index (χ3v) is 3.49. The molecule has 0 bridgehead atoms. The Bertz CT molecular complexity index is 334. The quantitative estimate of drug-likeness (QED) is 0.691. The molecule has 1 fully saturated rings. The average molecular weight is 196 g/mol. The minimum atomic E-state index is -0.363. The van der Waals surface area contributed by atoms with Gasteiger partial charge in [-0.1, -0.05) is 0 Å². The van der Waals surface area contributed by atoms with Crippen molar-refractivity contribution in [1.29, 1.82) is 0 Å².